The Kier molecular flexibility index (Phi) is 4.62. The van der Waals surface area contributed by atoms with E-state index in [2.05, 4.69) is 5.32 Å². The van der Waals surface area contributed by atoms with Crippen LogP contribution in [-0.4, -0.2) is 41.8 Å². The summed E-state index contributed by atoms with van der Waals surface area (Å²) in [7, 11) is 0. The predicted octanol–water partition coefficient (Wildman–Crippen LogP) is 3.31. The van der Waals surface area contributed by atoms with Gasteiger partial charge in [-0.05, 0) is 39.2 Å². The van der Waals surface area contributed by atoms with E-state index in [-0.39, 0.29) is 30.3 Å². The average molecular weight is 346 g/mol. The van der Waals surface area contributed by atoms with Crippen molar-refractivity contribution in [2.24, 2.45) is 5.41 Å². The zero-order valence-electron chi connectivity index (χ0n) is 15.1. The molecule has 2 atom stereocenters. The zero-order chi connectivity index (χ0) is 18.1. The molecule has 2 fully saturated rings. The second-order valence-corrected chi connectivity index (χ2v) is 7.98. The molecular formula is C19H26N2O4. The summed E-state index contributed by atoms with van der Waals surface area (Å²) in [5.41, 5.74) is 0.457. The van der Waals surface area contributed by atoms with Gasteiger partial charge in [0.15, 0.2) is 0 Å². The smallest absolute Gasteiger partial charge is 0.410 e. The van der Waals surface area contributed by atoms with Crippen molar-refractivity contribution >= 4 is 12.2 Å². The third kappa shape index (κ3) is 4.44. The van der Waals surface area contributed by atoms with Crippen molar-refractivity contribution in [1.29, 1.82) is 0 Å². The molecule has 1 spiro atoms. The summed E-state index contributed by atoms with van der Waals surface area (Å²) in [6.07, 6.45) is 1.09. The molecule has 2 unspecified atom stereocenters. The Labute approximate surface area is 148 Å². The third-order valence-electron chi connectivity index (χ3n) is 4.73. The highest BCUT2D eigenvalue weighted by Crippen LogP contribution is 2.53. The molecule has 1 aliphatic carbocycles. The maximum atomic E-state index is 12.2. The molecule has 0 radical (unpaired) electrons. The lowest BCUT2D eigenvalue weighted by Crippen LogP contribution is -2.36. The maximum absolute atomic E-state index is 12.2. The van der Waals surface area contributed by atoms with Gasteiger partial charge in [0.05, 0.1) is 0 Å². The largest absolute Gasteiger partial charge is 0.445 e. The summed E-state index contributed by atoms with van der Waals surface area (Å²) in [4.78, 5) is 25.9. The van der Waals surface area contributed by atoms with Crippen LogP contribution in [0.5, 0.6) is 0 Å². The monoisotopic (exact) mass is 346 g/mol. The van der Waals surface area contributed by atoms with Crippen LogP contribution in [0.3, 0.4) is 0 Å². The van der Waals surface area contributed by atoms with E-state index in [4.69, 9.17) is 9.47 Å². The number of nitrogens with zero attached hydrogens (tertiary/aromatic N) is 1. The van der Waals surface area contributed by atoms with Gasteiger partial charge < -0.3 is 19.7 Å². The lowest BCUT2D eigenvalue weighted by atomic mass is 10.1. The van der Waals surface area contributed by atoms with Gasteiger partial charge in [-0.15, -0.1) is 0 Å². The van der Waals surface area contributed by atoms with E-state index in [9.17, 15) is 9.59 Å². The number of ether oxygens (including phenoxy) is 2. The van der Waals surface area contributed by atoms with Gasteiger partial charge in [-0.1, -0.05) is 30.3 Å². The van der Waals surface area contributed by atoms with E-state index in [1.807, 2.05) is 51.1 Å². The van der Waals surface area contributed by atoms with E-state index >= 15 is 0 Å². The number of rotatable bonds is 3. The van der Waals surface area contributed by atoms with Crippen molar-refractivity contribution in [3.63, 3.8) is 0 Å². The minimum atomic E-state index is -0.505. The van der Waals surface area contributed by atoms with Crippen LogP contribution < -0.4 is 5.32 Å². The van der Waals surface area contributed by atoms with Crippen molar-refractivity contribution < 1.29 is 19.1 Å². The van der Waals surface area contributed by atoms with Crippen molar-refractivity contribution in [3.05, 3.63) is 35.9 Å². The molecular weight excluding hydrogens is 320 g/mol. The van der Waals surface area contributed by atoms with E-state index in [1.165, 1.54) is 0 Å². The van der Waals surface area contributed by atoms with Crippen LogP contribution >= 0.6 is 0 Å². The first kappa shape index (κ1) is 17.6. The highest BCUT2D eigenvalue weighted by Gasteiger charge is 2.59. The minimum absolute atomic E-state index is 0.0112. The first-order valence-corrected chi connectivity index (χ1v) is 8.73. The molecule has 0 bridgehead atoms. The molecule has 1 aromatic rings. The van der Waals surface area contributed by atoms with Crippen molar-refractivity contribution in [2.75, 3.05) is 13.1 Å². The van der Waals surface area contributed by atoms with Gasteiger partial charge in [-0.3, -0.25) is 0 Å². The molecule has 1 aliphatic heterocycles. The molecule has 1 aromatic carbocycles. The first-order chi connectivity index (χ1) is 11.8. The molecule has 2 aliphatic rings. The van der Waals surface area contributed by atoms with Gasteiger partial charge in [0.1, 0.15) is 12.2 Å². The Hall–Kier alpha value is -2.24. The van der Waals surface area contributed by atoms with Gasteiger partial charge in [-0.2, -0.15) is 0 Å². The number of likely N-dealkylation sites (tertiary alicyclic amines) is 1. The summed E-state index contributed by atoms with van der Waals surface area (Å²) in [5, 5.41) is 2.92. The predicted molar refractivity (Wildman–Crippen MR) is 93.0 cm³/mol. The molecule has 3 rings (SSSR count). The lowest BCUT2D eigenvalue weighted by molar-refractivity contribution is 0.0516. The second-order valence-electron chi connectivity index (χ2n) is 7.98. The van der Waals surface area contributed by atoms with Gasteiger partial charge >= 0.3 is 12.2 Å². The van der Waals surface area contributed by atoms with Crippen molar-refractivity contribution in [2.45, 2.75) is 51.9 Å². The third-order valence-corrected chi connectivity index (χ3v) is 4.73. The van der Waals surface area contributed by atoms with Gasteiger partial charge in [-0.25, -0.2) is 9.59 Å². The molecule has 136 valence electrons. The number of carbonyl (C=O) groups excluding carboxylic acids is 2. The maximum Gasteiger partial charge on any atom is 0.410 e. The number of carbonyl (C=O) groups is 2. The minimum Gasteiger partial charge on any atom is -0.445 e. The summed E-state index contributed by atoms with van der Waals surface area (Å²) in [6.45, 7) is 7.10. The van der Waals surface area contributed by atoms with Crippen LogP contribution in [0.15, 0.2) is 30.3 Å². The topological polar surface area (TPSA) is 67.9 Å². The van der Waals surface area contributed by atoms with Crippen molar-refractivity contribution in [3.8, 4) is 0 Å². The number of nitrogens with one attached hydrogen (secondary N) is 1. The number of alkyl carbamates (subject to hydrolysis) is 1. The highest BCUT2D eigenvalue weighted by molar-refractivity contribution is 5.70. The SMILES string of the molecule is CC(C)(C)OC(=O)NC1CC12CCN(C(=O)OCc1ccccc1)C2. The average Bonchev–Trinajstić information content (AvgIpc) is 3.00. The Bertz CT molecular complexity index is 641. The number of benzene rings is 1. The van der Waals surface area contributed by atoms with Crippen LogP contribution in [0.25, 0.3) is 0 Å². The Balaban J connectivity index is 1.44. The summed E-state index contributed by atoms with van der Waals surface area (Å²) in [6, 6.07) is 9.71. The van der Waals surface area contributed by atoms with Gasteiger partial charge in [0.25, 0.3) is 0 Å². The molecule has 6 nitrogen and oxygen atoms in total. The molecule has 1 heterocycles. The quantitative estimate of drug-likeness (QED) is 0.912. The van der Waals surface area contributed by atoms with Crippen LogP contribution in [0.4, 0.5) is 9.59 Å². The Morgan fingerprint density at radius 2 is 2.00 bits per heavy atom. The molecule has 0 aromatic heterocycles. The van der Waals surface area contributed by atoms with Crippen LogP contribution in [-0.2, 0) is 16.1 Å². The van der Waals surface area contributed by atoms with Gasteiger partial charge in [0.2, 0.25) is 0 Å². The highest BCUT2D eigenvalue weighted by atomic mass is 16.6. The van der Waals surface area contributed by atoms with Gasteiger partial charge in [0, 0.05) is 24.5 Å². The summed E-state index contributed by atoms with van der Waals surface area (Å²) in [5.74, 6) is 0. The zero-order valence-corrected chi connectivity index (χ0v) is 15.1. The van der Waals surface area contributed by atoms with Crippen molar-refractivity contribution in [1.82, 2.24) is 10.2 Å². The molecule has 6 heteroatoms. The molecule has 1 N–H and O–H groups in total. The van der Waals surface area contributed by atoms with Crippen LogP contribution in [0.2, 0.25) is 0 Å². The number of hydrogen-bond acceptors (Lipinski definition) is 4. The van der Waals surface area contributed by atoms with Crippen LogP contribution in [0.1, 0.15) is 39.2 Å². The lowest BCUT2D eigenvalue weighted by Gasteiger charge is -2.20. The van der Waals surface area contributed by atoms with Crippen LogP contribution in [0, 0.1) is 5.41 Å². The second kappa shape index (κ2) is 6.58. The Morgan fingerprint density at radius 3 is 2.68 bits per heavy atom. The standard InChI is InChI=1S/C19H26N2O4/c1-18(2,3)25-16(22)20-15-11-19(15)9-10-21(13-19)17(23)24-12-14-7-5-4-6-8-14/h4-8,15H,9-13H2,1-3H3,(H,20,22). The summed E-state index contributed by atoms with van der Waals surface area (Å²) < 4.78 is 10.7. The number of hydrogen-bond donors (Lipinski definition) is 1. The fourth-order valence-corrected chi connectivity index (χ4v) is 3.31. The van der Waals surface area contributed by atoms with E-state index in [0.717, 1.165) is 18.4 Å². The van der Waals surface area contributed by atoms with E-state index in [1.54, 1.807) is 4.90 Å². The molecule has 1 saturated heterocycles. The first-order valence-electron chi connectivity index (χ1n) is 8.73. The normalized spacial score (nSPS) is 24.9. The molecule has 2 amide bonds. The fourth-order valence-electron chi connectivity index (χ4n) is 3.31. The van der Waals surface area contributed by atoms with E-state index in [0.29, 0.717) is 13.1 Å². The summed E-state index contributed by atoms with van der Waals surface area (Å²) >= 11 is 0. The molecule has 1 saturated carbocycles. The van der Waals surface area contributed by atoms with E-state index < -0.39 is 5.60 Å². The number of amides is 2. The Morgan fingerprint density at radius 1 is 1.28 bits per heavy atom. The molecule has 25 heavy (non-hydrogen) atoms. The fraction of sp³-hybridized carbons (Fsp3) is 0.579.